The first-order valence-electron chi connectivity index (χ1n) is 8.61. The van der Waals surface area contributed by atoms with Crippen molar-refractivity contribution in [3.8, 4) is 5.75 Å². The lowest BCUT2D eigenvalue weighted by atomic mass is 10.0. The number of rotatable bonds is 5. The zero-order valence-corrected chi connectivity index (χ0v) is 14.7. The van der Waals surface area contributed by atoms with Crippen molar-refractivity contribution in [1.29, 1.82) is 0 Å². The van der Waals surface area contributed by atoms with Crippen molar-refractivity contribution in [2.45, 2.75) is 32.2 Å². The van der Waals surface area contributed by atoms with E-state index in [0.29, 0.717) is 12.5 Å². The van der Waals surface area contributed by atoms with Crippen LogP contribution in [-0.2, 0) is 11.2 Å². The van der Waals surface area contributed by atoms with Crippen LogP contribution < -0.4 is 10.1 Å². The Labute approximate surface area is 148 Å². The normalized spacial score (nSPS) is 15.0. The lowest BCUT2D eigenvalue weighted by Gasteiger charge is -2.32. The zero-order valence-electron chi connectivity index (χ0n) is 14.7. The van der Waals surface area contributed by atoms with Gasteiger partial charge in [-0.05, 0) is 43.5 Å². The van der Waals surface area contributed by atoms with Crippen LogP contribution in [0.1, 0.15) is 24.2 Å². The monoisotopic (exact) mass is 340 g/mol. The molecular weight excluding hydrogens is 316 g/mol. The van der Waals surface area contributed by atoms with Gasteiger partial charge in [0.1, 0.15) is 17.4 Å². The number of hydrogen-bond donors (Lipinski definition) is 1. The number of likely N-dealkylation sites (tertiary alicyclic amines) is 1. The van der Waals surface area contributed by atoms with Gasteiger partial charge in [-0.3, -0.25) is 4.79 Å². The molecule has 0 spiro atoms. The van der Waals surface area contributed by atoms with Crippen LogP contribution in [0.15, 0.2) is 36.5 Å². The molecule has 3 rings (SSSR count). The van der Waals surface area contributed by atoms with E-state index in [1.165, 1.54) is 0 Å². The minimum absolute atomic E-state index is 0.171. The molecule has 1 aromatic carbocycles. The number of nitrogens with zero attached hydrogens (tertiary/aromatic N) is 3. The molecule has 2 aromatic rings. The second-order valence-electron chi connectivity index (χ2n) is 6.32. The summed E-state index contributed by atoms with van der Waals surface area (Å²) in [6.07, 6.45) is 4.03. The standard InChI is InChI=1S/C19H24N4O2/c1-14-20-9-6-18(21-14)22-16-7-10-23(11-8-16)19(24)13-15-4-3-5-17(12-15)25-2/h3-6,9,12,16H,7-8,10-11,13H2,1-2H3,(H,20,21,22). The van der Waals surface area contributed by atoms with E-state index in [-0.39, 0.29) is 5.91 Å². The van der Waals surface area contributed by atoms with Crippen LogP contribution >= 0.6 is 0 Å². The molecule has 1 N–H and O–H groups in total. The van der Waals surface area contributed by atoms with Crippen molar-refractivity contribution >= 4 is 11.7 Å². The van der Waals surface area contributed by atoms with E-state index in [2.05, 4.69) is 15.3 Å². The van der Waals surface area contributed by atoms with E-state index < -0.39 is 0 Å². The third-order valence-electron chi connectivity index (χ3n) is 4.47. The summed E-state index contributed by atoms with van der Waals surface area (Å²) in [6, 6.07) is 9.92. The highest BCUT2D eigenvalue weighted by atomic mass is 16.5. The summed E-state index contributed by atoms with van der Waals surface area (Å²) in [5, 5.41) is 3.44. The first-order valence-corrected chi connectivity index (χ1v) is 8.61. The lowest BCUT2D eigenvalue weighted by Crippen LogP contribution is -2.43. The summed E-state index contributed by atoms with van der Waals surface area (Å²) >= 11 is 0. The summed E-state index contributed by atoms with van der Waals surface area (Å²) in [5.74, 6) is 2.57. The van der Waals surface area contributed by atoms with Crippen molar-refractivity contribution in [3.63, 3.8) is 0 Å². The molecule has 1 aliphatic heterocycles. The Morgan fingerprint density at radius 1 is 1.32 bits per heavy atom. The van der Waals surface area contributed by atoms with Crippen LogP contribution in [0.5, 0.6) is 5.75 Å². The molecule has 0 aliphatic carbocycles. The van der Waals surface area contributed by atoms with Gasteiger partial charge in [0.25, 0.3) is 0 Å². The fraction of sp³-hybridized carbons (Fsp3) is 0.421. The number of nitrogens with one attached hydrogen (secondary N) is 1. The molecule has 2 heterocycles. The van der Waals surface area contributed by atoms with Gasteiger partial charge in [0.05, 0.1) is 13.5 Å². The summed E-state index contributed by atoms with van der Waals surface area (Å²) in [6.45, 7) is 3.42. The first-order chi connectivity index (χ1) is 12.1. The highest BCUT2D eigenvalue weighted by Gasteiger charge is 2.23. The lowest BCUT2D eigenvalue weighted by molar-refractivity contribution is -0.131. The molecule has 6 heteroatoms. The highest BCUT2D eigenvalue weighted by Crippen LogP contribution is 2.18. The predicted octanol–water partition coefficient (Wildman–Crippen LogP) is 2.44. The number of carbonyl (C=O) groups excluding carboxylic acids is 1. The van der Waals surface area contributed by atoms with Gasteiger partial charge in [-0.25, -0.2) is 9.97 Å². The molecule has 1 saturated heterocycles. The summed E-state index contributed by atoms with van der Waals surface area (Å²) in [7, 11) is 1.64. The predicted molar refractivity (Wildman–Crippen MR) is 96.7 cm³/mol. The van der Waals surface area contributed by atoms with Gasteiger partial charge in [0, 0.05) is 25.3 Å². The van der Waals surface area contributed by atoms with E-state index >= 15 is 0 Å². The van der Waals surface area contributed by atoms with Crippen molar-refractivity contribution in [2.75, 3.05) is 25.5 Å². The molecule has 6 nitrogen and oxygen atoms in total. The minimum atomic E-state index is 0.171. The topological polar surface area (TPSA) is 67.3 Å². The van der Waals surface area contributed by atoms with Gasteiger partial charge in [-0.1, -0.05) is 12.1 Å². The maximum atomic E-state index is 12.5. The number of piperidine rings is 1. The van der Waals surface area contributed by atoms with Crippen LogP contribution in [0.3, 0.4) is 0 Å². The molecule has 1 amide bonds. The number of ether oxygens (including phenoxy) is 1. The maximum Gasteiger partial charge on any atom is 0.226 e. The molecule has 1 aromatic heterocycles. The molecule has 25 heavy (non-hydrogen) atoms. The minimum Gasteiger partial charge on any atom is -0.497 e. The molecule has 0 radical (unpaired) electrons. The molecule has 0 bridgehead atoms. The highest BCUT2D eigenvalue weighted by molar-refractivity contribution is 5.79. The van der Waals surface area contributed by atoms with Crippen molar-refractivity contribution in [2.24, 2.45) is 0 Å². The number of aryl methyl sites for hydroxylation is 1. The smallest absolute Gasteiger partial charge is 0.226 e. The Balaban J connectivity index is 1.50. The molecule has 0 atom stereocenters. The Morgan fingerprint density at radius 2 is 2.12 bits per heavy atom. The van der Waals surface area contributed by atoms with Gasteiger partial charge in [-0.15, -0.1) is 0 Å². The number of aromatic nitrogens is 2. The number of hydrogen-bond acceptors (Lipinski definition) is 5. The van der Waals surface area contributed by atoms with E-state index in [0.717, 1.165) is 48.9 Å². The summed E-state index contributed by atoms with van der Waals surface area (Å²) in [4.78, 5) is 23.0. The number of carbonyl (C=O) groups is 1. The average Bonchev–Trinajstić information content (AvgIpc) is 2.62. The Kier molecular flexibility index (Phi) is 5.48. The molecule has 0 unspecified atom stereocenters. The second kappa shape index (κ2) is 7.96. The third kappa shape index (κ3) is 4.68. The fourth-order valence-corrected chi connectivity index (χ4v) is 3.09. The summed E-state index contributed by atoms with van der Waals surface area (Å²) < 4.78 is 5.22. The van der Waals surface area contributed by atoms with E-state index in [1.807, 2.05) is 42.2 Å². The number of amides is 1. The average molecular weight is 340 g/mol. The van der Waals surface area contributed by atoms with Crippen molar-refractivity contribution in [1.82, 2.24) is 14.9 Å². The number of benzene rings is 1. The maximum absolute atomic E-state index is 12.5. The number of methoxy groups -OCH3 is 1. The Hall–Kier alpha value is -2.63. The molecule has 132 valence electrons. The Bertz CT molecular complexity index is 727. The van der Waals surface area contributed by atoms with Gasteiger partial charge in [-0.2, -0.15) is 0 Å². The van der Waals surface area contributed by atoms with Crippen molar-refractivity contribution < 1.29 is 9.53 Å². The Morgan fingerprint density at radius 3 is 2.84 bits per heavy atom. The van der Waals surface area contributed by atoms with E-state index in [9.17, 15) is 4.79 Å². The van der Waals surface area contributed by atoms with Gasteiger partial charge in [0.15, 0.2) is 0 Å². The van der Waals surface area contributed by atoms with Crippen LogP contribution in [0.25, 0.3) is 0 Å². The third-order valence-corrected chi connectivity index (χ3v) is 4.47. The largest absolute Gasteiger partial charge is 0.497 e. The molecule has 1 fully saturated rings. The zero-order chi connectivity index (χ0) is 17.6. The molecular formula is C19H24N4O2. The van der Waals surface area contributed by atoms with Crippen LogP contribution in [0.2, 0.25) is 0 Å². The molecule has 0 saturated carbocycles. The van der Waals surface area contributed by atoms with Crippen LogP contribution in [0.4, 0.5) is 5.82 Å². The number of anilines is 1. The van der Waals surface area contributed by atoms with Crippen LogP contribution in [0, 0.1) is 6.92 Å². The van der Waals surface area contributed by atoms with Gasteiger partial charge >= 0.3 is 0 Å². The first kappa shape index (κ1) is 17.2. The SMILES string of the molecule is COc1cccc(CC(=O)N2CCC(Nc3ccnc(C)n3)CC2)c1. The van der Waals surface area contributed by atoms with E-state index in [4.69, 9.17) is 4.74 Å². The molecule has 1 aliphatic rings. The van der Waals surface area contributed by atoms with Crippen molar-refractivity contribution in [3.05, 3.63) is 47.9 Å². The summed E-state index contributed by atoms with van der Waals surface area (Å²) in [5.41, 5.74) is 0.987. The fourth-order valence-electron chi connectivity index (χ4n) is 3.09. The van der Waals surface area contributed by atoms with Gasteiger partial charge in [0.2, 0.25) is 5.91 Å². The van der Waals surface area contributed by atoms with Crippen LogP contribution in [-0.4, -0.2) is 47.0 Å². The van der Waals surface area contributed by atoms with E-state index in [1.54, 1.807) is 13.3 Å². The quantitative estimate of drug-likeness (QED) is 0.905. The van der Waals surface area contributed by atoms with Gasteiger partial charge < -0.3 is 15.0 Å². The second-order valence-corrected chi connectivity index (χ2v) is 6.32.